The molecule has 0 spiro atoms. The van der Waals surface area contributed by atoms with Gasteiger partial charge in [0.25, 0.3) is 0 Å². The number of methoxy groups -OCH3 is 1. The molecule has 0 amide bonds. The lowest BCUT2D eigenvalue weighted by Crippen LogP contribution is -2.33. The van der Waals surface area contributed by atoms with Gasteiger partial charge in [-0.15, -0.1) is 0 Å². The van der Waals surface area contributed by atoms with Gasteiger partial charge < -0.3 is 20.3 Å². The molecule has 0 heterocycles. The third-order valence-electron chi connectivity index (χ3n) is 2.71. The van der Waals surface area contributed by atoms with E-state index in [0.717, 1.165) is 0 Å². The summed E-state index contributed by atoms with van der Waals surface area (Å²) in [7, 11) is 1.57. The second-order valence-electron chi connectivity index (χ2n) is 3.72. The fourth-order valence-electron chi connectivity index (χ4n) is 1.52. The lowest BCUT2D eigenvalue weighted by Gasteiger charge is -2.28. The molecule has 0 aliphatic rings. The number of benzene rings is 1. The number of phenolic OH excluding ortho intramolecular Hbond substituents is 1. The van der Waals surface area contributed by atoms with E-state index >= 15 is 0 Å². The van der Waals surface area contributed by atoms with Crippen LogP contribution in [0.4, 0.5) is 0 Å². The van der Waals surface area contributed by atoms with Crippen molar-refractivity contribution in [1.29, 1.82) is 0 Å². The summed E-state index contributed by atoms with van der Waals surface area (Å²) in [5.41, 5.74) is 5.61. The fraction of sp³-hybridized carbons (Fsp3) is 0.500. The summed E-state index contributed by atoms with van der Waals surface area (Å²) in [6.07, 6.45) is 0. The van der Waals surface area contributed by atoms with Gasteiger partial charge in [0.2, 0.25) is 0 Å². The molecule has 0 bridgehead atoms. The van der Waals surface area contributed by atoms with Crippen LogP contribution in [0.5, 0.6) is 11.5 Å². The summed E-state index contributed by atoms with van der Waals surface area (Å²) in [5.74, 6) is 0.552. The van der Waals surface area contributed by atoms with Gasteiger partial charge in [0.05, 0.1) is 6.61 Å². The molecule has 0 aromatic heterocycles. The van der Waals surface area contributed by atoms with Crippen LogP contribution in [0.2, 0.25) is 0 Å². The van der Waals surface area contributed by atoms with Gasteiger partial charge in [-0.2, -0.15) is 0 Å². The fourth-order valence-corrected chi connectivity index (χ4v) is 1.52. The second-order valence-corrected chi connectivity index (χ2v) is 3.72. The highest BCUT2D eigenvalue weighted by Gasteiger charge is 2.28. The van der Waals surface area contributed by atoms with E-state index in [9.17, 15) is 5.11 Å². The maximum Gasteiger partial charge on any atom is 0.163 e. The predicted octanol–water partition coefficient (Wildman–Crippen LogP) is 1.61. The molecule has 3 N–H and O–H groups in total. The minimum atomic E-state index is -0.697. The lowest BCUT2D eigenvalue weighted by molar-refractivity contribution is 0.00796. The molecule has 1 aromatic rings. The highest BCUT2D eigenvalue weighted by Crippen LogP contribution is 2.37. The minimum absolute atomic E-state index is 0.0964. The van der Waals surface area contributed by atoms with Crippen molar-refractivity contribution in [3.8, 4) is 11.5 Å². The third kappa shape index (κ3) is 2.28. The van der Waals surface area contributed by atoms with E-state index in [1.165, 1.54) is 0 Å². The molecule has 0 aliphatic carbocycles. The van der Waals surface area contributed by atoms with E-state index in [4.69, 9.17) is 15.2 Å². The van der Waals surface area contributed by atoms with Gasteiger partial charge in [-0.05, 0) is 19.9 Å². The number of nitrogens with two attached hydrogens (primary N) is 1. The molecule has 0 radical (unpaired) electrons. The molecule has 1 rings (SSSR count). The van der Waals surface area contributed by atoms with Crippen molar-refractivity contribution >= 4 is 0 Å². The Balaban J connectivity index is 3.18. The molecule has 16 heavy (non-hydrogen) atoms. The first-order valence-corrected chi connectivity index (χ1v) is 5.29. The van der Waals surface area contributed by atoms with Gasteiger partial charge in [0.15, 0.2) is 11.5 Å². The summed E-state index contributed by atoms with van der Waals surface area (Å²) in [6, 6.07) is 5.32. The first-order valence-electron chi connectivity index (χ1n) is 5.29. The van der Waals surface area contributed by atoms with Crippen molar-refractivity contribution in [2.45, 2.75) is 19.4 Å². The Morgan fingerprint density at radius 1 is 1.44 bits per heavy atom. The molecule has 4 nitrogen and oxygen atoms in total. The quantitative estimate of drug-likeness (QED) is 0.799. The first-order chi connectivity index (χ1) is 7.59. The minimum Gasteiger partial charge on any atom is -0.504 e. The summed E-state index contributed by atoms with van der Waals surface area (Å²) < 4.78 is 10.7. The van der Waals surface area contributed by atoms with E-state index in [1.807, 2.05) is 19.9 Å². The molecular formula is C12H19NO3. The molecule has 1 unspecified atom stereocenters. The maximum atomic E-state index is 10.1. The Kier molecular flexibility index (Phi) is 4.15. The van der Waals surface area contributed by atoms with Crippen LogP contribution < -0.4 is 10.5 Å². The summed E-state index contributed by atoms with van der Waals surface area (Å²) >= 11 is 0. The average Bonchev–Trinajstić information content (AvgIpc) is 2.31. The second kappa shape index (κ2) is 5.18. The zero-order valence-electron chi connectivity index (χ0n) is 9.99. The summed E-state index contributed by atoms with van der Waals surface area (Å²) in [4.78, 5) is 0. The summed E-state index contributed by atoms with van der Waals surface area (Å²) in [6.45, 7) is 4.48. The third-order valence-corrected chi connectivity index (χ3v) is 2.71. The van der Waals surface area contributed by atoms with E-state index in [1.54, 1.807) is 19.2 Å². The number of hydrogen-bond acceptors (Lipinski definition) is 4. The van der Waals surface area contributed by atoms with Crippen molar-refractivity contribution in [1.82, 2.24) is 0 Å². The van der Waals surface area contributed by atoms with Gasteiger partial charge in [-0.25, -0.2) is 0 Å². The smallest absolute Gasteiger partial charge is 0.163 e. The first kappa shape index (κ1) is 12.8. The number of hydrogen-bond donors (Lipinski definition) is 2. The standard InChI is InChI=1S/C12H19NO3/c1-4-16-10-7-5-6-9(11(10)14)12(2,8-13)15-3/h5-7,14H,4,8,13H2,1-3H3. The van der Waals surface area contributed by atoms with E-state index in [2.05, 4.69) is 0 Å². The summed E-state index contributed by atoms with van der Waals surface area (Å²) in [5, 5.41) is 10.1. The molecule has 0 saturated heterocycles. The van der Waals surface area contributed by atoms with Crippen molar-refractivity contribution < 1.29 is 14.6 Å². The van der Waals surface area contributed by atoms with Crippen LogP contribution in [0, 0.1) is 0 Å². The largest absolute Gasteiger partial charge is 0.504 e. The van der Waals surface area contributed by atoms with Crippen molar-refractivity contribution in [3.63, 3.8) is 0 Å². The molecule has 0 aliphatic heterocycles. The molecular weight excluding hydrogens is 206 g/mol. The van der Waals surface area contributed by atoms with Crippen molar-refractivity contribution in [2.75, 3.05) is 20.3 Å². The van der Waals surface area contributed by atoms with Gasteiger partial charge in [0.1, 0.15) is 5.60 Å². The average molecular weight is 225 g/mol. The van der Waals surface area contributed by atoms with Crippen molar-refractivity contribution in [3.05, 3.63) is 23.8 Å². The van der Waals surface area contributed by atoms with Gasteiger partial charge >= 0.3 is 0 Å². The Hall–Kier alpha value is -1.26. The number of phenols is 1. The van der Waals surface area contributed by atoms with Gasteiger partial charge in [-0.3, -0.25) is 0 Å². The Morgan fingerprint density at radius 2 is 2.12 bits per heavy atom. The van der Waals surface area contributed by atoms with E-state index in [-0.39, 0.29) is 12.3 Å². The van der Waals surface area contributed by atoms with Crippen LogP contribution in [0.15, 0.2) is 18.2 Å². The Bertz CT molecular complexity index is 348. The van der Waals surface area contributed by atoms with Gasteiger partial charge in [0, 0.05) is 19.2 Å². The molecule has 0 saturated carbocycles. The van der Waals surface area contributed by atoms with Gasteiger partial charge in [-0.1, -0.05) is 12.1 Å². The number of rotatable bonds is 5. The number of para-hydroxylation sites is 1. The molecule has 0 fully saturated rings. The zero-order chi connectivity index (χ0) is 12.2. The Labute approximate surface area is 96.0 Å². The van der Waals surface area contributed by atoms with Crippen LogP contribution in [0.25, 0.3) is 0 Å². The van der Waals surface area contributed by atoms with E-state index < -0.39 is 5.60 Å². The van der Waals surface area contributed by atoms with Crippen LogP contribution in [-0.2, 0) is 10.3 Å². The van der Waals surface area contributed by atoms with Crippen molar-refractivity contribution in [2.24, 2.45) is 5.73 Å². The molecule has 90 valence electrons. The Morgan fingerprint density at radius 3 is 2.62 bits per heavy atom. The topological polar surface area (TPSA) is 64.7 Å². The molecule has 1 aromatic carbocycles. The molecule has 1 atom stereocenters. The monoisotopic (exact) mass is 225 g/mol. The van der Waals surface area contributed by atoms with Crippen LogP contribution in [0.3, 0.4) is 0 Å². The highest BCUT2D eigenvalue weighted by atomic mass is 16.5. The predicted molar refractivity (Wildman–Crippen MR) is 62.7 cm³/mol. The SMILES string of the molecule is CCOc1cccc(C(C)(CN)OC)c1O. The van der Waals surface area contributed by atoms with Crippen LogP contribution in [0.1, 0.15) is 19.4 Å². The normalized spacial score (nSPS) is 14.5. The number of ether oxygens (including phenoxy) is 2. The lowest BCUT2D eigenvalue weighted by atomic mass is 9.94. The highest BCUT2D eigenvalue weighted by molar-refractivity contribution is 5.48. The van der Waals surface area contributed by atoms with Crippen LogP contribution >= 0.6 is 0 Å². The van der Waals surface area contributed by atoms with E-state index in [0.29, 0.717) is 17.9 Å². The molecule has 4 heteroatoms. The number of aromatic hydroxyl groups is 1. The maximum absolute atomic E-state index is 10.1. The zero-order valence-corrected chi connectivity index (χ0v) is 9.99. The van der Waals surface area contributed by atoms with Crippen LogP contribution in [-0.4, -0.2) is 25.4 Å².